The fraction of sp³-hybridized carbons (Fsp3) is 0.0833. The first-order chi connectivity index (χ1) is 16.8. The minimum Gasteiger partial charge on any atom is -0.457 e. The molecule has 35 heavy (non-hydrogen) atoms. The van der Waals surface area contributed by atoms with E-state index in [1.807, 2.05) is 30.3 Å². The van der Waals surface area contributed by atoms with Gasteiger partial charge in [-0.05, 0) is 36.4 Å². The van der Waals surface area contributed by atoms with Gasteiger partial charge >= 0.3 is 0 Å². The van der Waals surface area contributed by atoms with E-state index in [1.54, 1.807) is 24.3 Å². The van der Waals surface area contributed by atoms with Crippen molar-refractivity contribution in [3.8, 4) is 11.5 Å². The lowest BCUT2D eigenvalue weighted by molar-refractivity contribution is -0.386. The maximum Gasteiger partial charge on any atom is 0.281 e. The van der Waals surface area contributed by atoms with Crippen molar-refractivity contribution in [3.05, 3.63) is 98.4 Å². The molecule has 2 amide bonds. The van der Waals surface area contributed by atoms with Gasteiger partial charge in [-0.3, -0.25) is 25.1 Å². The molecule has 3 aromatic carbocycles. The number of nitro benzene ring substituents is 1. The summed E-state index contributed by atoms with van der Waals surface area (Å²) >= 11 is 13.9. The fourth-order valence-corrected chi connectivity index (χ4v) is 5.55. The number of hydrazine groups is 1. The molecule has 0 aliphatic carbocycles. The molecule has 1 fully saturated rings. The third kappa shape index (κ3) is 4.18. The van der Waals surface area contributed by atoms with Crippen LogP contribution >= 0.6 is 34.5 Å². The molecule has 2 heterocycles. The number of amides is 2. The number of nitrogens with zero attached hydrogens (tertiary/aromatic N) is 2. The highest BCUT2D eigenvalue weighted by atomic mass is 35.5. The molecule has 1 aliphatic heterocycles. The zero-order valence-corrected chi connectivity index (χ0v) is 20.0. The number of nitrogens with one attached hydrogen (secondary N) is 1. The van der Waals surface area contributed by atoms with Crippen molar-refractivity contribution >= 4 is 62.1 Å². The Kier molecular flexibility index (Phi) is 6.06. The number of hydrogen-bond acceptors (Lipinski definition) is 6. The minimum absolute atomic E-state index is 0.186. The van der Waals surface area contributed by atoms with Crippen LogP contribution in [0.15, 0.2) is 72.8 Å². The molecule has 4 aromatic rings. The molecule has 11 heteroatoms. The lowest BCUT2D eigenvalue weighted by atomic mass is 9.94. The van der Waals surface area contributed by atoms with Crippen LogP contribution in [0.25, 0.3) is 10.1 Å². The second-order valence-corrected chi connectivity index (χ2v) is 9.53. The summed E-state index contributed by atoms with van der Waals surface area (Å²) < 4.78 is 6.60. The first-order valence-electron chi connectivity index (χ1n) is 10.3. The maximum absolute atomic E-state index is 13.1. The number of alkyl halides is 1. The Morgan fingerprint density at radius 2 is 1.77 bits per heavy atom. The van der Waals surface area contributed by atoms with Crippen LogP contribution in [0.5, 0.6) is 11.5 Å². The molecule has 1 aromatic heterocycles. The standard InChI is InChI=1S/C24H15Cl2N3O5S/c25-19-16-12-14(34-13-6-2-1-3-7-13)10-11-18(16)35-22(19)23(30)27-28-21(20(26)24(28)31)15-8-4-5-9-17(15)29(32)33/h1-12,20-21H,(H,27,30). The van der Waals surface area contributed by atoms with E-state index in [9.17, 15) is 19.7 Å². The Morgan fingerprint density at radius 1 is 1.06 bits per heavy atom. The van der Waals surface area contributed by atoms with Crippen molar-refractivity contribution < 1.29 is 19.2 Å². The highest BCUT2D eigenvalue weighted by Crippen LogP contribution is 2.42. The van der Waals surface area contributed by atoms with E-state index < -0.39 is 28.2 Å². The number of ether oxygens (including phenoxy) is 1. The Morgan fingerprint density at radius 3 is 2.51 bits per heavy atom. The first-order valence-corrected chi connectivity index (χ1v) is 11.9. The molecule has 2 unspecified atom stereocenters. The van der Waals surface area contributed by atoms with Gasteiger partial charge in [0.1, 0.15) is 27.8 Å². The molecule has 176 valence electrons. The summed E-state index contributed by atoms with van der Waals surface area (Å²) in [6, 6.07) is 19.6. The molecule has 1 aliphatic rings. The fourth-order valence-electron chi connectivity index (χ4n) is 3.82. The summed E-state index contributed by atoms with van der Waals surface area (Å²) in [5, 5.41) is 12.2. The van der Waals surface area contributed by atoms with E-state index >= 15 is 0 Å². The molecular formula is C24H15Cl2N3O5S. The second-order valence-electron chi connectivity index (χ2n) is 7.63. The van der Waals surface area contributed by atoms with E-state index in [0.29, 0.717) is 16.9 Å². The van der Waals surface area contributed by atoms with Crippen LogP contribution in [-0.4, -0.2) is 27.1 Å². The quantitative estimate of drug-likeness (QED) is 0.141. The average Bonchev–Trinajstić information content (AvgIpc) is 3.20. The number of hydrogen-bond donors (Lipinski definition) is 1. The van der Waals surface area contributed by atoms with Gasteiger partial charge < -0.3 is 4.74 Å². The lowest BCUT2D eigenvalue weighted by Gasteiger charge is -2.43. The third-order valence-corrected chi connectivity index (χ3v) is 7.59. The first kappa shape index (κ1) is 23.1. The monoisotopic (exact) mass is 527 g/mol. The Balaban J connectivity index is 1.40. The zero-order valence-electron chi connectivity index (χ0n) is 17.7. The molecule has 0 bridgehead atoms. The topological polar surface area (TPSA) is 102 Å². The predicted molar refractivity (Wildman–Crippen MR) is 133 cm³/mol. The summed E-state index contributed by atoms with van der Waals surface area (Å²) in [4.78, 5) is 36.6. The molecule has 5 rings (SSSR count). The average molecular weight is 528 g/mol. The highest BCUT2D eigenvalue weighted by Gasteiger charge is 2.50. The second kappa shape index (κ2) is 9.18. The van der Waals surface area contributed by atoms with Gasteiger partial charge in [-0.2, -0.15) is 0 Å². The van der Waals surface area contributed by atoms with E-state index in [2.05, 4.69) is 5.43 Å². The van der Waals surface area contributed by atoms with Gasteiger partial charge in [0.15, 0.2) is 0 Å². The zero-order chi connectivity index (χ0) is 24.7. The van der Waals surface area contributed by atoms with Crippen molar-refractivity contribution in [1.82, 2.24) is 10.4 Å². The van der Waals surface area contributed by atoms with E-state index in [1.165, 1.54) is 18.2 Å². The van der Waals surface area contributed by atoms with Crippen molar-refractivity contribution in [2.75, 3.05) is 0 Å². The normalized spacial score (nSPS) is 17.2. The Labute approximate surface area is 212 Å². The minimum atomic E-state index is -1.05. The van der Waals surface area contributed by atoms with E-state index in [-0.39, 0.29) is 21.2 Å². The number of thiophene rings is 1. The van der Waals surface area contributed by atoms with Gasteiger partial charge in [0, 0.05) is 16.2 Å². The van der Waals surface area contributed by atoms with Crippen LogP contribution in [0, 0.1) is 10.1 Å². The van der Waals surface area contributed by atoms with Crippen LogP contribution < -0.4 is 10.2 Å². The van der Waals surface area contributed by atoms with Gasteiger partial charge in [-0.1, -0.05) is 41.9 Å². The number of benzene rings is 3. The Bertz CT molecular complexity index is 1480. The number of rotatable bonds is 6. The van der Waals surface area contributed by atoms with Crippen LogP contribution in [-0.2, 0) is 4.79 Å². The number of β-lactam (4-membered cyclic amide) rings is 1. The highest BCUT2D eigenvalue weighted by molar-refractivity contribution is 7.21. The smallest absolute Gasteiger partial charge is 0.281 e. The van der Waals surface area contributed by atoms with Crippen LogP contribution in [0.4, 0.5) is 5.69 Å². The summed E-state index contributed by atoms with van der Waals surface area (Å²) in [6.07, 6.45) is 0. The number of halogens is 2. The van der Waals surface area contributed by atoms with Crippen molar-refractivity contribution in [2.24, 2.45) is 0 Å². The largest absolute Gasteiger partial charge is 0.457 e. The lowest BCUT2D eigenvalue weighted by Crippen LogP contribution is -2.63. The van der Waals surface area contributed by atoms with Gasteiger partial charge in [-0.25, -0.2) is 5.01 Å². The van der Waals surface area contributed by atoms with Gasteiger partial charge in [0.05, 0.1) is 15.5 Å². The predicted octanol–water partition coefficient (Wildman–Crippen LogP) is 6.09. The molecule has 0 spiro atoms. The van der Waals surface area contributed by atoms with Crippen LogP contribution in [0.3, 0.4) is 0 Å². The number of carbonyl (C=O) groups excluding carboxylic acids is 2. The number of para-hydroxylation sites is 2. The summed E-state index contributed by atoms with van der Waals surface area (Å²) in [7, 11) is 0. The number of fused-ring (bicyclic) bond motifs is 1. The van der Waals surface area contributed by atoms with Gasteiger partial charge in [0.2, 0.25) is 0 Å². The van der Waals surface area contributed by atoms with Gasteiger partial charge in [0.25, 0.3) is 17.5 Å². The number of carbonyl (C=O) groups is 2. The number of nitro groups is 1. The summed E-state index contributed by atoms with van der Waals surface area (Å²) in [6.45, 7) is 0. The van der Waals surface area contributed by atoms with E-state index in [4.69, 9.17) is 27.9 Å². The molecular weight excluding hydrogens is 513 g/mol. The van der Waals surface area contributed by atoms with Crippen LogP contribution in [0.2, 0.25) is 5.02 Å². The molecule has 1 N–H and O–H groups in total. The van der Waals surface area contributed by atoms with Crippen molar-refractivity contribution in [2.45, 2.75) is 11.4 Å². The Hall–Kier alpha value is -3.66. The SMILES string of the molecule is O=C(NN1C(=O)C(Cl)C1c1ccccc1[N+](=O)[O-])c1sc2ccc(Oc3ccccc3)cc2c1Cl. The van der Waals surface area contributed by atoms with E-state index in [0.717, 1.165) is 21.0 Å². The summed E-state index contributed by atoms with van der Waals surface area (Å²) in [5.74, 6) is 0.0139. The van der Waals surface area contributed by atoms with Crippen LogP contribution in [0.1, 0.15) is 21.3 Å². The molecule has 8 nitrogen and oxygen atoms in total. The van der Waals surface area contributed by atoms with Gasteiger partial charge in [-0.15, -0.1) is 22.9 Å². The third-order valence-electron chi connectivity index (χ3n) is 5.49. The molecule has 2 atom stereocenters. The molecule has 0 saturated carbocycles. The maximum atomic E-state index is 13.1. The van der Waals surface area contributed by atoms with Crippen molar-refractivity contribution in [1.29, 1.82) is 0 Å². The van der Waals surface area contributed by atoms with Crippen molar-refractivity contribution in [3.63, 3.8) is 0 Å². The molecule has 1 saturated heterocycles. The molecule has 0 radical (unpaired) electrons. The summed E-state index contributed by atoms with van der Waals surface area (Å²) in [5.41, 5.74) is 2.55.